The van der Waals surface area contributed by atoms with E-state index in [0.717, 1.165) is 25.7 Å². The summed E-state index contributed by atoms with van der Waals surface area (Å²) in [4.78, 5) is 18.0. The minimum Gasteiger partial charge on any atom is -0.378 e. The van der Waals surface area contributed by atoms with Crippen LogP contribution in [0, 0.1) is 10.1 Å². The van der Waals surface area contributed by atoms with E-state index in [-0.39, 0.29) is 23.4 Å². The fourth-order valence-corrected chi connectivity index (χ4v) is 2.30. The Labute approximate surface area is 105 Å². The zero-order chi connectivity index (χ0) is 13.0. The van der Waals surface area contributed by atoms with Crippen molar-refractivity contribution in [1.29, 1.82) is 0 Å². The van der Waals surface area contributed by atoms with E-state index in [1.165, 1.54) is 19.2 Å². The van der Waals surface area contributed by atoms with E-state index in [2.05, 4.69) is 15.3 Å². The number of nitrogen functional groups attached to an aromatic ring is 1. The zero-order valence-electron chi connectivity index (χ0n) is 10.1. The summed E-state index contributed by atoms with van der Waals surface area (Å²) in [6.07, 6.45) is 8.03. The van der Waals surface area contributed by atoms with Gasteiger partial charge < -0.3 is 11.1 Å². The van der Waals surface area contributed by atoms with Crippen molar-refractivity contribution in [3.05, 3.63) is 16.4 Å². The molecule has 0 spiro atoms. The first-order chi connectivity index (χ1) is 8.68. The Morgan fingerprint density at radius 1 is 1.28 bits per heavy atom. The van der Waals surface area contributed by atoms with Crippen molar-refractivity contribution in [1.82, 2.24) is 9.97 Å². The first kappa shape index (κ1) is 12.5. The maximum Gasteiger partial charge on any atom is 0.352 e. The highest BCUT2D eigenvalue weighted by Crippen LogP contribution is 2.29. The molecule has 0 aliphatic heterocycles. The van der Waals surface area contributed by atoms with Gasteiger partial charge in [-0.15, -0.1) is 0 Å². The van der Waals surface area contributed by atoms with E-state index in [9.17, 15) is 10.1 Å². The van der Waals surface area contributed by atoms with Crippen LogP contribution in [0.1, 0.15) is 38.5 Å². The molecule has 0 unspecified atom stereocenters. The lowest BCUT2D eigenvalue weighted by atomic mass is 10.1. The van der Waals surface area contributed by atoms with Gasteiger partial charge >= 0.3 is 5.69 Å². The van der Waals surface area contributed by atoms with Crippen molar-refractivity contribution in [2.45, 2.75) is 44.6 Å². The van der Waals surface area contributed by atoms with Crippen LogP contribution in [0.4, 0.5) is 17.3 Å². The van der Waals surface area contributed by atoms with E-state index in [0.29, 0.717) is 0 Å². The SMILES string of the molecule is Nc1ncnc(NC2CCCCCC2)c1[N+](=O)[O-]. The summed E-state index contributed by atoms with van der Waals surface area (Å²) >= 11 is 0. The lowest BCUT2D eigenvalue weighted by Gasteiger charge is -2.16. The predicted octanol–water partition coefficient (Wildman–Crippen LogP) is 2.10. The van der Waals surface area contributed by atoms with E-state index >= 15 is 0 Å². The summed E-state index contributed by atoms with van der Waals surface area (Å²) in [5.41, 5.74) is 5.30. The first-order valence-electron chi connectivity index (χ1n) is 6.20. The van der Waals surface area contributed by atoms with Crippen LogP contribution in [0.3, 0.4) is 0 Å². The molecular formula is C11H17N5O2. The monoisotopic (exact) mass is 251 g/mol. The van der Waals surface area contributed by atoms with Gasteiger partial charge in [0.05, 0.1) is 4.92 Å². The quantitative estimate of drug-likeness (QED) is 0.484. The number of anilines is 2. The molecule has 0 saturated heterocycles. The van der Waals surface area contributed by atoms with Crippen LogP contribution < -0.4 is 11.1 Å². The molecule has 1 aromatic rings. The summed E-state index contributed by atoms with van der Waals surface area (Å²) < 4.78 is 0. The molecule has 0 aromatic carbocycles. The van der Waals surface area contributed by atoms with Gasteiger partial charge in [0.2, 0.25) is 11.6 Å². The Bertz CT molecular complexity index is 429. The third kappa shape index (κ3) is 2.85. The highest BCUT2D eigenvalue weighted by Gasteiger charge is 2.23. The molecule has 1 fully saturated rings. The Morgan fingerprint density at radius 2 is 1.94 bits per heavy atom. The summed E-state index contributed by atoms with van der Waals surface area (Å²) in [5, 5.41) is 14.1. The number of hydrogen-bond acceptors (Lipinski definition) is 6. The van der Waals surface area contributed by atoms with Crippen LogP contribution in [0.25, 0.3) is 0 Å². The first-order valence-corrected chi connectivity index (χ1v) is 6.20. The highest BCUT2D eigenvalue weighted by atomic mass is 16.6. The number of nitrogens with one attached hydrogen (secondary N) is 1. The molecule has 0 amide bonds. The van der Waals surface area contributed by atoms with Crippen molar-refractivity contribution in [2.24, 2.45) is 0 Å². The molecule has 7 heteroatoms. The minimum absolute atomic E-state index is 0.0916. The minimum atomic E-state index is -0.533. The Hall–Kier alpha value is -1.92. The Morgan fingerprint density at radius 3 is 2.56 bits per heavy atom. The van der Waals surface area contributed by atoms with Gasteiger partial charge in [0.1, 0.15) is 6.33 Å². The third-order valence-corrected chi connectivity index (χ3v) is 3.23. The second kappa shape index (κ2) is 5.61. The van der Waals surface area contributed by atoms with Crippen LogP contribution >= 0.6 is 0 Å². The highest BCUT2D eigenvalue weighted by molar-refractivity contribution is 5.67. The second-order valence-corrected chi connectivity index (χ2v) is 4.55. The molecule has 98 valence electrons. The molecule has 7 nitrogen and oxygen atoms in total. The van der Waals surface area contributed by atoms with Gasteiger partial charge in [-0.25, -0.2) is 9.97 Å². The molecule has 1 aromatic heterocycles. The summed E-state index contributed by atoms with van der Waals surface area (Å²) in [6, 6.07) is 0.237. The van der Waals surface area contributed by atoms with Crippen molar-refractivity contribution in [3.63, 3.8) is 0 Å². The summed E-state index contributed by atoms with van der Waals surface area (Å²) in [5.74, 6) is 0.144. The van der Waals surface area contributed by atoms with Crippen LogP contribution in [0.5, 0.6) is 0 Å². The maximum atomic E-state index is 11.0. The van der Waals surface area contributed by atoms with Gasteiger partial charge in [-0.2, -0.15) is 0 Å². The van der Waals surface area contributed by atoms with Gasteiger partial charge in [-0.05, 0) is 12.8 Å². The lowest BCUT2D eigenvalue weighted by molar-refractivity contribution is -0.383. The number of nitrogens with two attached hydrogens (primary N) is 1. The normalized spacial score (nSPS) is 17.1. The van der Waals surface area contributed by atoms with Gasteiger partial charge in [-0.3, -0.25) is 10.1 Å². The van der Waals surface area contributed by atoms with E-state index in [1.807, 2.05) is 0 Å². The number of rotatable bonds is 3. The van der Waals surface area contributed by atoms with E-state index in [4.69, 9.17) is 5.73 Å². The number of nitro groups is 1. The van der Waals surface area contributed by atoms with Gasteiger partial charge in [0, 0.05) is 6.04 Å². The molecule has 3 N–H and O–H groups in total. The average Bonchev–Trinajstić information content (AvgIpc) is 2.57. The number of aromatic nitrogens is 2. The van der Waals surface area contributed by atoms with E-state index in [1.54, 1.807) is 0 Å². The molecule has 18 heavy (non-hydrogen) atoms. The van der Waals surface area contributed by atoms with Crippen LogP contribution in [-0.4, -0.2) is 20.9 Å². The number of nitrogens with zero attached hydrogens (tertiary/aromatic N) is 3. The molecule has 1 saturated carbocycles. The predicted molar refractivity (Wildman–Crippen MR) is 68.2 cm³/mol. The van der Waals surface area contributed by atoms with Crippen molar-refractivity contribution < 1.29 is 4.92 Å². The van der Waals surface area contributed by atoms with Crippen molar-refractivity contribution in [2.75, 3.05) is 11.1 Å². The molecule has 0 radical (unpaired) electrons. The molecule has 1 aliphatic carbocycles. The van der Waals surface area contributed by atoms with E-state index < -0.39 is 4.92 Å². The Balaban J connectivity index is 2.17. The maximum absolute atomic E-state index is 11.0. The molecule has 2 rings (SSSR count). The van der Waals surface area contributed by atoms with Gasteiger partial charge in [-0.1, -0.05) is 25.7 Å². The van der Waals surface area contributed by atoms with Crippen molar-refractivity contribution >= 4 is 17.3 Å². The second-order valence-electron chi connectivity index (χ2n) is 4.55. The van der Waals surface area contributed by atoms with Crippen LogP contribution in [-0.2, 0) is 0 Å². The fraction of sp³-hybridized carbons (Fsp3) is 0.636. The molecule has 0 bridgehead atoms. The summed E-state index contributed by atoms with van der Waals surface area (Å²) in [7, 11) is 0. The van der Waals surface area contributed by atoms with Crippen LogP contribution in [0.2, 0.25) is 0 Å². The van der Waals surface area contributed by atoms with Gasteiger partial charge in [0.25, 0.3) is 0 Å². The molecular weight excluding hydrogens is 234 g/mol. The zero-order valence-corrected chi connectivity index (χ0v) is 10.1. The Kier molecular flexibility index (Phi) is 3.91. The largest absolute Gasteiger partial charge is 0.378 e. The summed E-state index contributed by atoms with van der Waals surface area (Å²) in [6.45, 7) is 0. The number of hydrogen-bond donors (Lipinski definition) is 2. The van der Waals surface area contributed by atoms with Crippen molar-refractivity contribution in [3.8, 4) is 0 Å². The third-order valence-electron chi connectivity index (χ3n) is 3.23. The van der Waals surface area contributed by atoms with Crippen LogP contribution in [0.15, 0.2) is 6.33 Å². The fourth-order valence-electron chi connectivity index (χ4n) is 2.30. The molecule has 1 aliphatic rings. The molecule has 0 atom stereocenters. The molecule has 1 heterocycles. The topological polar surface area (TPSA) is 107 Å². The lowest BCUT2D eigenvalue weighted by Crippen LogP contribution is -2.20. The average molecular weight is 251 g/mol. The standard InChI is InChI=1S/C11H17N5O2/c12-10-9(16(17)18)11(14-7-13-10)15-8-5-3-1-2-4-6-8/h7-8H,1-6H2,(H3,12,13,14,15). The van der Waals surface area contributed by atoms with Gasteiger partial charge in [0.15, 0.2) is 0 Å². The smallest absolute Gasteiger partial charge is 0.352 e.